The third-order valence-corrected chi connectivity index (χ3v) is 5.35. The summed E-state index contributed by atoms with van der Waals surface area (Å²) in [6.45, 7) is 1.91. The molecule has 0 saturated heterocycles. The maximum atomic E-state index is 13.3. The first-order chi connectivity index (χ1) is 12.4. The van der Waals surface area contributed by atoms with E-state index in [2.05, 4.69) is 15.9 Å². The zero-order chi connectivity index (χ0) is 18.6. The van der Waals surface area contributed by atoms with Gasteiger partial charge in [-0.2, -0.15) is 4.57 Å². The smallest absolute Gasteiger partial charge is 0.386 e. The zero-order valence-electron chi connectivity index (χ0n) is 13.8. The Morgan fingerprint density at radius 2 is 1.35 bits per heavy atom. The van der Waals surface area contributed by atoms with Gasteiger partial charge in [-0.1, -0.05) is 39.7 Å². The Kier molecular flexibility index (Phi) is 5.92. The third-order valence-electron chi connectivity index (χ3n) is 3.27. The normalized spacial score (nSPS) is 12.9. The van der Waals surface area contributed by atoms with Crippen LogP contribution >= 0.6 is 35.4 Å². The molecule has 3 rings (SSSR count). The summed E-state index contributed by atoms with van der Waals surface area (Å²) in [6, 6.07) is 20.5. The standard InChI is InChI=1S/C19H15BrClO4P/c1-14-3-2-4-19(13-14)25-26(22,23-17-9-5-15(20)6-10-17)24-18-11-7-16(21)8-12-18/h2-13H,1H3. The molecule has 1 unspecified atom stereocenters. The van der Waals surface area contributed by atoms with Crippen molar-refractivity contribution in [1.82, 2.24) is 0 Å². The highest BCUT2D eigenvalue weighted by Gasteiger charge is 2.33. The van der Waals surface area contributed by atoms with Gasteiger partial charge < -0.3 is 13.6 Å². The van der Waals surface area contributed by atoms with Crippen LogP contribution in [0.4, 0.5) is 0 Å². The highest BCUT2D eigenvalue weighted by molar-refractivity contribution is 9.10. The molecule has 0 bridgehead atoms. The molecule has 0 saturated carbocycles. The third kappa shape index (κ3) is 5.28. The molecule has 0 fully saturated rings. The molecular formula is C19H15BrClO4P. The van der Waals surface area contributed by atoms with Crippen LogP contribution in [0.25, 0.3) is 0 Å². The fourth-order valence-electron chi connectivity index (χ4n) is 2.11. The van der Waals surface area contributed by atoms with Crippen molar-refractivity contribution in [2.75, 3.05) is 0 Å². The summed E-state index contributed by atoms with van der Waals surface area (Å²) in [5, 5.41) is 0.542. The van der Waals surface area contributed by atoms with Crippen molar-refractivity contribution in [3.63, 3.8) is 0 Å². The van der Waals surface area contributed by atoms with E-state index in [-0.39, 0.29) is 0 Å². The second-order valence-electron chi connectivity index (χ2n) is 5.45. The topological polar surface area (TPSA) is 44.8 Å². The van der Waals surface area contributed by atoms with Gasteiger partial charge in [0.15, 0.2) is 0 Å². The number of hydrogen-bond acceptors (Lipinski definition) is 4. The molecule has 0 spiro atoms. The Hall–Kier alpha value is -1.94. The van der Waals surface area contributed by atoms with Gasteiger partial charge in [-0.3, -0.25) is 0 Å². The Balaban J connectivity index is 1.89. The first-order valence-electron chi connectivity index (χ1n) is 7.68. The van der Waals surface area contributed by atoms with E-state index in [1.807, 2.05) is 13.0 Å². The number of rotatable bonds is 6. The van der Waals surface area contributed by atoms with E-state index in [0.717, 1.165) is 10.0 Å². The van der Waals surface area contributed by atoms with Crippen molar-refractivity contribution in [2.24, 2.45) is 0 Å². The van der Waals surface area contributed by atoms with Crippen LogP contribution in [0.5, 0.6) is 17.2 Å². The van der Waals surface area contributed by atoms with E-state index < -0.39 is 7.82 Å². The monoisotopic (exact) mass is 452 g/mol. The average molecular weight is 454 g/mol. The summed E-state index contributed by atoms with van der Waals surface area (Å²) < 4.78 is 30.9. The molecule has 134 valence electrons. The minimum absolute atomic E-state index is 0.322. The molecule has 0 N–H and O–H groups in total. The van der Waals surface area contributed by atoms with E-state index in [0.29, 0.717) is 22.3 Å². The summed E-state index contributed by atoms with van der Waals surface area (Å²) in [5.41, 5.74) is 0.962. The van der Waals surface area contributed by atoms with Crippen LogP contribution in [0, 0.1) is 6.92 Å². The van der Waals surface area contributed by atoms with Crippen molar-refractivity contribution in [1.29, 1.82) is 0 Å². The minimum Gasteiger partial charge on any atom is -0.386 e. The molecule has 0 aliphatic heterocycles. The molecule has 0 radical (unpaired) electrons. The summed E-state index contributed by atoms with van der Waals surface area (Å²) in [5.74, 6) is 1.07. The lowest BCUT2D eigenvalue weighted by molar-refractivity contribution is 0.298. The van der Waals surface area contributed by atoms with Gasteiger partial charge in [-0.15, -0.1) is 0 Å². The number of hydrogen-bond donors (Lipinski definition) is 0. The zero-order valence-corrected chi connectivity index (χ0v) is 17.0. The van der Waals surface area contributed by atoms with Crippen molar-refractivity contribution in [3.05, 3.63) is 87.9 Å². The summed E-state index contributed by atoms with van der Waals surface area (Å²) in [6.07, 6.45) is 0. The van der Waals surface area contributed by atoms with Gasteiger partial charge >= 0.3 is 7.82 Å². The molecule has 0 aliphatic rings. The molecule has 26 heavy (non-hydrogen) atoms. The van der Waals surface area contributed by atoms with E-state index in [9.17, 15) is 4.57 Å². The highest BCUT2D eigenvalue weighted by Crippen LogP contribution is 2.50. The van der Waals surface area contributed by atoms with E-state index in [1.165, 1.54) is 0 Å². The molecule has 3 aromatic rings. The lowest BCUT2D eigenvalue weighted by atomic mass is 10.2. The van der Waals surface area contributed by atoms with Crippen molar-refractivity contribution in [2.45, 2.75) is 6.92 Å². The van der Waals surface area contributed by atoms with Crippen molar-refractivity contribution >= 4 is 35.4 Å². The number of phosphoric acid groups is 1. The first-order valence-corrected chi connectivity index (χ1v) is 10.3. The Labute approximate surface area is 165 Å². The van der Waals surface area contributed by atoms with Gasteiger partial charge in [0.1, 0.15) is 17.2 Å². The molecular weight excluding hydrogens is 439 g/mol. The SMILES string of the molecule is Cc1cccc(OP(=O)(Oc2ccc(Cl)cc2)Oc2ccc(Br)cc2)c1. The Morgan fingerprint density at radius 1 is 0.808 bits per heavy atom. The number of halogens is 2. The molecule has 3 aromatic carbocycles. The molecule has 7 heteroatoms. The van der Waals surface area contributed by atoms with Crippen molar-refractivity contribution < 1.29 is 18.1 Å². The van der Waals surface area contributed by atoms with Gasteiger partial charge in [0.05, 0.1) is 0 Å². The highest BCUT2D eigenvalue weighted by atomic mass is 79.9. The van der Waals surface area contributed by atoms with E-state index in [4.69, 9.17) is 25.2 Å². The van der Waals surface area contributed by atoms with Crippen LogP contribution < -0.4 is 13.6 Å². The van der Waals surface area contributed by atoms with Gasteiger partial charge in [0.2, 0.25) is 0 Å². The quantitative estimate of drug-likeness (QED) is 0.375. The number of phosphoric ester groups is 1. The van der Waals surface area contributed by atoms with Gasteiger partial charge in [0.25, 0.3) is 0 Å². The lowest BCUT2D eigenvalue weighted by Gasteiger charge is -2.19. The van der Waals surface area contributed by atoms with Gasteiger partial charge in [0, 0.05) is 9.50 Å². The van der Waals surface area contributed by atoms with Gasteiger partial charge in [-0.25, -0.2) is 0 Å². The maximum Gasteiger partial charge on any atom is 0.647 e. The van der Waals surface area contributed by atoms with E-state index >= 15 is 0 Å². The molecule has 1 atom stereocenters. The van der Waals surface area contributed by atoms with E-state index in [1.54, 1.807) is 66.7 Å². The second kappa shape index (κ2) is 8.17. The second-order valence-corrected chi connectivity index (χ2v) is 8.24. The summed E-state index contributed by atoms with van der Waals surface area (Å²) in [4.78, 5) is 0. The molecule has 0 aliphatic carbocycles. The summed E-state index contributed by atoms with van der Waals surface area (Å²) >= 11 is 9.23. The van der Waals surface area contributed by atoms with Crippen LogP contribution in [0.15, 0.2) is 77.3 Å². The fraction of sp³-hybridized carbons (Fsp3) is 0.0526. The number of benzene rings is 3. The van der Waals surface area contributed by atoms with Gasteiger partial charge in [-0.05, 0) is 73.2 Å². The van der Waals surface area contributed by atoms with Crippen LogP contribution in [-0.4, -0.2) is 0 Å². The predicted octanol–water partition coefficient (Wildman–Crippen LogP) is 7.06. The van der Waals surface area contributed by atoms with Crippen molar-refractivity contribution in [3.8, 4) is 17.2 Å². The first kappa shape index (κ1) is 18.8. The molecule has 0 aromatic heterocycles. The van der Waals surface area contributed by atoms with Crippen LogP contribution in [-0.2, 0) is 4.57 Å². The predicted molar refractivity (Wildman–Crippen MR) is 106 cm³/mol. The summed E-state index contributed by atoms with van der Waals surface area (Å²) in [7, 11) is -3.99. The number of aryl methyl sites for hydroxylation is 1. The average Bonchev–Trinajstić information content (AvgIpc) is 2.59. The maximum absolute atomic E-state index is 13.3. The Bertz CT molecular complexity index is 878. The van der Waals surface area contributed by atoms with Crippen LogP contribution in [0.1, 0.15) is 5.56 Å². The lowest BCUT2D eigenvalue weighted by Crippen LogP contribution is -2.07. The minimum atomic E-state index is -3.99. The Morgan fingerprint density at radius 3 is 1.92 bits per heavy atom. The van der Waals surface area contributed by atoms with Crippen LogP contribution in [0.3, 0.4) is 0 Å². The molecule has 0 heterocycles. The largest absolute Gasteiger partial charge is 0.647 e. The van der Waals surface area contributed by atoms with Crippen LogP contribution in [0.2, 0.25) is 5.02 Å². The fourth-order valence-corrected chi connectivity index (χ4v) is 3.74. The molecule has 4 nitrogen and oxygen atoms in total. The molecule has 0 amide bonds.